The number of hydrogen-bond donors (Lipinski definition) is 0. The highest BCUT2D eigenvalue weighted by atomic mass is 16.1. The van der Waals surface area contributed by atoms with E-state index in [1.54, 1.807) is 0 Å². The Morgan fingerprint density at radius 1 is 1.19 bits per heavy atom. The number of carbonyl (C=O) groups is 1. The monoisotopic (exact) mass is 213 g/mol. The lowest BCUT2D eigenvalue weighted by Crippen LogP contribution is -2.05. The zero-order valence-corrected chi connectivity index (χ0v) is 9.60. The quantitative estimate of drug-likeness (QED) is 0.718. The first-order valence-corrected chi connectivity index (χ1v) is 5.38. The van der Waals surface area contributed by atoms with Crippen LogP contribution in [0, 0.1) is 13.8 Å². The van der Waals surface area contributed by atoms with E-state index in [0.717, 1.165) is 29.8 Å². The van der Waals surface area contributed by atoms with Crippen LogP contribution in [0.4, 0.5) is 0 Å². The zero-order chi connectivity index (χ0) is 11.5. The molecule has 0 atom stereocenters. The molecule has 0 spiro atoms. The van der Waals surface area contributed by atoms with Crippen molar-refractivity contribution in [3.05, 3.63) is 58.9 Å². The predicted octanol–water partition coefficient (Wildman–Crippen LogP) is 2.97. The van der Waals surface area contributed by atoms with E-state index in [9.17, 15) is 4.79 Å². The molecule has 0 aliphatic heterocycles. The van der Waals surface area contributed by atoms with Crippen molar-refractivity contribution in [3.63, 3.8) is 0 Å². The van der Waals surface area contributed by atoms with Gasteiger partial charge in [-0.2, -0.15) is 0 Å². The lowest BCUT2D eigenvalue weighted by Gasteiger charge is -2.08. The van der Waals surface area contributed by atoms with Gasteiger partial charge >= 0.3 is 0 Å². The molecule has 2 nitrogen and oxygen atoms in total. The number of nitrogens with zero attached hydrogens (tertiary/aromatic N) is 1. The summed E-state index contributed by atoms with van der Waals surface area (Å²) in [5.74, 6) is 0. The van der Waals surface area contributed by atoms with Crippen LogP contribution >= 0.6 is 0 Å². The molecule has 0 saturated heterocycles. The summed E-state index contributed by atoms with van der Waals surface area (Å²) in [5.41, 5.74) is 4.16. The molecule has 1 aromatic carbocycles. The number of aryl methyl sites for hydroxylation is 2. The van der Waals surface area contributed by atoms with Gasteiger partial charge in [0.1, 0.15) is 0 Å². The summed E-state index contributed by atoms with van der Waals surface area (Å²) in [6.45, 7) is 4.76. The smallest absolute Gasteiger partial charge is 0.166 e. The zero-order valence-electron chi connectivity index (χ0n) is 9.60. The second kappa shape index (κ2) is 4.35. The fourth-order valence-electron chi connectivity index (χ4n) is 2.00. The van der Waals surface area contributed by atoms with Crippen molar-refractivity contribution in [2.24, 2.45) is 0 Å². The average molecular weight is 213 g/mol. The van der Waals surface area contributed by atoms with Gasteiger partial charge in [0.15, 0.2) is 6.29 Å². The molecule has 0 aliphatic carbocycles. The highest BCUT2D eigenvalue weighted by Gasteiger charge is 2.08. The highest BCUT2D eigenvalue weighted by Crippen LogP contribution is 2.15. The molecule has 0 N–H and O–H groups in total. The maximum Gasteiger partial charge on any atom is 0.166 e. The van der Waals surface area contributed by atoms with Crippen molar-refractivity contribution in [1.29, 1.82) is 0 Å². The van der Waals surface area contributed by atoms with Crippen LogP contribution in [0.3, 0.4) is 0 Å². The SMILES string of the molecule is Cc1cc(C)n(Cc2ccccc2)c1C=O. The molecule has 1 heterocycles. The molecule has 0 unspecified atom stereocenters. The van der Waals surface area contributed by atoms with E-state index >= 15 is 0 Å². The minimum Gasteiger partial charge on any atom is -0.338 e. The molecule has 2 aromatic rings. The van der Waals surface area contributed by atoms with Crippen molar-refractivity contribution < 1.29 is 4.79 Å². The molecule has 0 saturated carbocycles. The van der Waals surface area contributed by atoms with Crippen LogP contribution in [0.1, 0.15) is 27.3 Å². The Morgan fingerprint density at radius 2 is 1.88 bits per heavy atom. The Hall–Kier alpha value is -1.83. The van der Waals surface area contributed by atoms with Crippen LogP contribution in [-0.2, 0) is 6.54 Å². The number of aldehydes is 1. The Labute approximate surface area is 95.5 Å². The molecule has 0 bridgehead atoms. The molecular weight excluding hydrogens is 198 g/mol. The van der Waals surface area contributed by atoms with Gasteiger partial charge in [-0.15, -0.1) is 0 Å². The Balaban J connectivity index is 2.38. The normalized spacial score (nSPS) is 10.4. The van der Waals surface area contributed by atoms with E-state index in [1.165, 1.54) is 5.56 Å². The van der Waals surface area contributed by atoms with E-state index in [-0.39, 0.29) is 0 Å². The first-order valence-electron chi connectivity index (χ1n) is 5.38. The van der Waals surface area contributed by atoms with Crippen LogP contribution in [0.5, 0.6) is 0 Å². The minimum absolute atomic E-state index is 0.759. The lowest BCUT2D eigenvalue weighted by atomic mass is 10.2. The van der Waals surface area contributed by atoms with Crippen LogP contribution in [0.2, 0.25) is 0 Å². The summed E-state index contributed by atoms with van der Waals surface area (Å²) < 4.78 is 2.05. The van der Waals surface area contributed by atoms with Crippen molar-refractivity contribution in [2.45, 2.75) is 20.4 Å². The van der Waals surface area contributed by atoms with Crippen molar-refractivity contribution in [2.75, 3.05) is 0 Å². The highest BCUT2D eigenvalue weighted by molar-refractivity contribution is 5.75. The van der Waals surface area contributed by atoms with Gasteiger partial charge in [0.25, 0.3) is 0 Å². The van der Waals surface area contributed by atoms with Gasteiger partial charge in [-0.3, -0.25) is 4.79 Å². The average Bonchev–Trinajstić information content (AvgIpc) is 2.55. The summed E-state index contributed by atoms with van der Waals surface area (Å²) >= 11 is 0. The third-order valence-electron chi connectivity index (χ3n) is 2.84. The molecular formula is C14H15NO. The van der Waals surface area contributed by atoms with Gasteiger partial charge in [0, 0.05) is 12.2 Å². The van der Waals surface area contributed by atoms with Gasteiger partial charge in [-0.25, -0.2) is 0 Å². The standard InChI is InChI=1S/C14H15NO/c1-11-8-12(2)15(14(11)10-16)9-13-6-4-3-5-7-13/h3-8,10H,9H2,1-2H3. The van der Waals surface area contributed by atoms with E-state index in [1.807, 2.05) is 38.1 Å². The second-order valence-corrected chi connectivity index (χ2v) is 4.04. The molecule has 0 aliphatic rings. The summed E-state index contributed by atoms with van der Waals surface area (Å²) in [4.78, 5) is 11.0. The van der Waals surface area contributed by atoms with E-state index < -0.39 is 0 Å². The largest absolute Gasteiger partial charge is 0.338 e. The second-order valence-electron chi connectivity index (χ2n) is 4.04. The number of carbonyl (C=O) groups excluding carboxylic acids is 1. The first kappa shape index (κ1) is 10.7. The number of hydrogen-bond acceptors (Lipinski definition) is 1. The van der Waals surface area contributed by atoms with Gasteiger partial charge in [0.05, 0.1) is 5.69 Å². The molecule has 0 radical (unpaired) electrons. The van der Waals surface area contributed by atoms with Crippen LogP contribution in [0.15, 0.2) is 36.4 Å². The molecule has 1 aromatic heterocycles. The maximum atomic E-state index is 11.0. The molecule has 0 amide bonds. The molecule has 16 heavy (non-hydrogen) atoms. The van der Waals surface area contributed by atoms with Gasteiger partial charge in [0.2, 0.25) is 0 Å². The lowest BCUT2D eigenvalue weighted by molar-refractivity contribution is 0.111. The summed E-state index contributed by atoms with van der Waals surface area (Å²) in [5, 5.41) is 0. The van der Waals surface area contributed by atoms with Gasteiger partial charge in [-0.05, 0) is 31.0 Å². The summed E-state index contributed by atoms with van der Waals surface area (Å²) in [6, 6.07) is 12.2. The number of aromatic nitrogens is 1. The van der Waals surface area contributed by atoms with Crippen LogP contribution in [0.25, 0.3) is 0 Å². The Kier molecular flexibility index (Phi) is 2.91. The predicted molar refractivity (Wildman–Crippen MR) is 64.8 cm³/mol. The topological polar surface area (TPSA) is 22.0 Å². The fourth-order valence-corrected chi connectivity index (χ4v) is 2.00. The molecule has 0 fully saturated rings. The summed E-state index contributed by atoms with van der Waals surface area (Å²) in [6.07, 6.45) is 0.936. The Bertz CT molecular complexity index is 497. The third kappa shape index (κ3) is 1.91. The van der Waals surface area contributed by atoms with Gasteiger partial charge < -0.3 is 4.57 Å². The van der Waals surface area contributed by atoms with E-state index in [0.29, 0.717) is 0 Å². The third-order valence-corrected chi connectivity index (χ3v) is 2.84. The van der Waals surface area contributed by atoms with Crippen LogP contribution in [-0.4, -0.2) is 10.9 Å². The molecule has 2 rings (SSSR count). The van der Waals surface area contributed by atoms with E-state index in [2.05, 4.69) is 16.7 Å². The van der Waals surface area contributed by atoms with Gasteiger partial charge in [-0.1, -0.05) is 30.3 Å². The maximum absolute atomic E-state index is 11.0. The van der Waals surface area contributed by atoms with Crippen LogP contribution < -0.4 is 0 Å². The summed E-state index contributed by atoms with van der Waals surface area (Å²) in [7, 11) is 0. The van der Waals surface area contributed by atoms with Crippen molar-refractivity contribution in [3.8, 4) is 0 Å². The molecule has 82 valence electrons. The van der Waals surface area contributed by atoms with Crippen molar-refractivity contribution >= 4 is 6.29 Å². The number of rotatable bonds is 3. The van der Waals surface area contributed by atoms with Crippen molar-refractivity contribution in [1.82, 2.24) is 4.57 Å². The fraction of sp³-hybridized carbons (Fsp3) is 0.214. The Morgan fingerprint density at radius 3 is 2.50 bits per heavy atom. The molecule has 2 heteroatoms. The first-order chi connectivity index (χ1) is 7.72. The minimum atomic E-state index is 0.759. The van der Waals surface area contributed by atoms with E-state index in [4.69, 9.17) is 0 Å². The number of benzene rings is 1.